The van der Waals surface area contributed by atoms with Crippen molar-refractivity contribution in [3.05, 3.63) is 12.2 Å². The standard InChI is InChI=1S/C9H11NO3/c11-6-1-2-7-5(3-6)4-8(10-7)9(12)13/h1-2,5,7-8,10H,3-4H2,(H,12,13). The van der Waals surface area contributed by atoms with Gasteiger partial charge in [0.1, 0.15) is 6.04 Å². The molecule has 1 aliphatic heterocycles. The first kappa shape index (κ1) is 8.44. The first-order valence-electron chi connectivity index (χ1n) is 4.36. The highest BCUT2D eigenvalue weighted by Gasteiger charge is 2.38. The maximum Gasteiger partial charge on any atom is 0.320 e. The van der Waals surface area contributed by atoms with Crippen molar-refractivity contribution in [2.75, 3.05) is 0 Å². The summed E-state index contributed by atoms with van der Waals surface area (Å²) in [5, 5.41) is 11.7. The summed E-state index contributed by atoms with van der Waals surface area (Å²) in [4.78, 5) is 21.7. The van der Waals surface area contributed by atoms with Crippen molar-refractivity contribution in [2.24, 2.45) is 5.92 Å². The Morgan fingerprint density at radius 1 is 1.62 bits per heavy atom. The number of carbonyl (C=O) groups is 2. The van der Waals surface area contributed by atoms with Crippen LogP contribution >= 0.6 is 0 Å². The van der Waals surface area contributed by atoms with Crippen molar-refractivity contribution in [3.8, 4) is 0 Å². The molecule has 0 spiro atoms. The minimum absolute atomic E-state index is 0.0822. The van der Waals surface area contributed by atoms with Crippen LogP contribution in [0.3, 0.4) is 0 Å². The Bertz CT molecular complexity index is 285. The molecule has 1 saturated heterocycles. The first-order chi connectivity index (χ1) is 6.16. The van der Waals surface area contributed by atoms with E-state index in [1.165, 1.54) is 0 Å². The normalized spacial score (nSPS) is 37.5. The summed E-state index contributed by atoms with van der Waals surface area (Å²) in [5.41, 5.74) is 0. The molecule has 0 bridgehead atoms. The van der Waals surface area contributed by atoms with Gasteiger partial charge in [-0.15, -0.1) is 0 Å². The van der Waals surface area contributed by atoms with Crippen LogP contribution in [0.25, 0.3) is 0 Å². The number of allylic oxidation sites excluding steroid dienone is 1. The SMILES string of the molecule is O=C1C=CC2NC(C(=O)O)CC2C1. The third-order valence-corrected chi connectivity index (χ3v) is 2.69. The molecule has 4 nitrogen and oxygen atoms in total. The zero-order valence-electron chi connectivity index (χ0n) is 7.06. The van der Waals surface area contributed by atoms with Gasteiger partial charge < -0.3 is 5.11 Å². The van der Waals surface area contributed by atoms with Crippen LogP contribution < -0.4 is 5.32 Å². The summed E-state index contributed by atoms with van der Waals surface area (Å²) in [7, 11) is 0. The topological polar surface area (TPSA) is 66.4 Å². The Morgan fingerprint density at radius 2 is 2.38 bits per heavy atom. The minimum Gasteiger partial charge on any atom is -0.480 e. The van der Waals surface area contributed by atoms with Gasteiger partial charge in [-0.25, -0.2) is 0 Å². The van der Waals surface area contributed by atoms with Gasteiger partial charge in [0, 0.05) is 12.5 Å². The van der Waals surface area contributed by atoms with Crippen molar-refractivity contribution in [1.29, 1.82) is 0 Å². The molecule has 1 aliphatic carbocycles. The second-order valence-electron chi connectivity index (χ2n) is 3.61. The lowest BCUT2D eigenvalue weighted by molar-refractivity contribution is -0.139. The second kappa shape index (κ2) is 2.96. The Balaban J connectivity index is 2.09. The molecule has 0 radical (unpaired) electrons. The van der Waals surface area contributed by atoms with Gasteiger partial charge in [0.2, 0.25) is 0 Å². The monoisotopic (exact) mass is 181 g/mol. The number of rotatable bonds is 1. The van der Waals surface area contributed by atoms with E-state index in [1.807, 2.05) is 0 Å². The lowest BCUT2D eigenvalue weighted by Gasteiger charge is -2.17. The number of hydrogen-bond donors (Lipinski definition) is 2. The molecule has 0 amide bonds. The summed E-state index contributed by atoms with van der Waals surface area (Å²) < 4.78 is 0. The van der Waals surface area contributed by atoms with Crippen LogP contribution in [0, 0.1) is 5.92 Å². The predicted molar refractivity (Wildman–Crippen MR) is 45.2 cm³/mol. The number of carboxylic acids is 1. The smallest absolute Gasteiger partial charge is 0.320 e. The van der Waals surface area contributed by atoms with E-state index in [0.29, 0.717) is 12.8 Å². The summed E-state index contributed by atoms with van der Waals surface area (Å²) >= 11 is 0. The van der Waals surface area contributed by atoms with Crippen LogP contribution in [0.4, 0.5) is 0 Å². The number of carboxylic acid groups (broad SMARTS) is 1. The molecule has 3 unspecified atom stereocenters. The molecule has 4 heteroatoms. The number of ketones is 1. The van der Waals surface area contributed by atoms with Gasteiger partial charge in [0.15, 0.2) is 5.78 Å². The lowest BCUT2D eigenvalue weighted by atomic mass is 9.89. The molecule has 0 aromatic heterocycles. The number of carbonyl (C=O) groups excluding carboxylic acids is 1. The second-order valence-corrected chi connectivity index (χ2v) is 3.61. The highest BCUT2D eigenvalue weighted by molar-refractivity contribution is 5.91. The predicted octanol–water partition coefficient (Wildman–Crippen LogP) is -0.0533. The first-order valence-corrected chi connectivity index (χ1v) is 4.36. The Hall–Kier alpha value is -1.16. The average molecular weight is 181 g/mol. The lowest BCUT2D eigenvalue weighted by Crippen LogP contribution is -2.36. The van der Waals surface area contributed by atoms with Crippen LogP contribution in [-0.2, 0) is 9.59 Å². The molecule has 1 heterocycles. The van der Waals surface area contributed by atoms with E-state index in [1.54, 1.807) is 12.2 Å². The fourth-order valence-electron chi connectivity index (χ4n) is 2.02. The molecule has 2 N–H and O–H groups in total. The quantitative estimate of drug-likeness (QED) is 0.595. The van der Waals surface area contributed by atoms with Crippen molar-refractivity contribution in [2.45, 2.75) is 24.9 Å². The van der Waals surface area contributed by atoms with Crippen molar-refractivity contribution in [3.63, 3.8) is 0 Å². The van der Waals surface area contributed by atoms with Gasteiger partial charge in [-0.1, -0.05) is 6.08 Å². The highest BCUT2D eigenvalue weighted by Crippen LogP contribution is 2.28. The molecule has 70 valence electrons. The van der Waals surface area contributed by atoms with Crippen molar-refractivity contribution < 1.29 is 14.7 Å². The van der Waals surface area contributed by atoms with Gasteiger partial charge >= 0.3 is 5.97 Å². The largest absolute Gasteiger partial charge is 0.480 e. The Morgan fingerprint density at radius 3 is 3.08 bits per heavy atom. The highest BCUT2D eigenvalue weighted by atomic mass is 16.4. The van der Waals surface area contributed by atoms with E-state index in [9.17, 15) is 9.59 Å². The Kier molecular flexibility index (Phi) is 1.92. The summed E-state index contributed by atoms with van der Waals surface area (Å²) in [5.74, 6) is -0.539. The number of nitrogens with one attached hydrogen (secondary N) is 1. The minimum atomic E-state index is -0.824. The van der Waals surface area contributed by atoms with Crippen LogP contribution in [0.5, 0.6) is 0 Å². The maximum atomic E-state index is 11.0. The van der Waals surface area contributed by atoms with E-state index in [0.717, 1.165) is 0 Å². The zero-order valence-corrected chi connectivity index (χ0v) is 7.06. The van der Waals surface area contributed by atoms with Gasteiger partial charge in [0.05, 0.1) is 0 Å². The number of fused-ring (bicyclic) bond motifs is 1. The van der Waals surface area contributed by atoms with Crippen LogP contribution in [0.1, 0.15) is 12.8 Å². The molecule has 13 heavy (non-hydrogen) atoms. The molecule has 2 aliphatic rings. The molecule has 1 fully saturated rings. The molecule has 0 aromatic carbocycles. The van der Waals surface area contributed by atoms with Crippen molar-refractivity contribution in [1.82, 2.24) is 5.32 Å². The fraction of sp³-hybridized carbons (Fsp3) is 0.556. The van der Waals surface area contributed by atoms with Gasteiger partial charge in [-0.2, -0.15) is 0 Å². The summed E-state index contributed by atoms with van der Waals surface area (Å²) in [6.07, 6.45) is 4.37. The summed E-state index contributed by atoms with van der Waals surface area (Å²) in [6.45, 7) is 0. The van der Waals surface area contributed by atoms with E-state index in [4.69, 9.17) is 5.11 Å². The number of aliphatic carboxylic acids is 1. The van der Waals surface area contributed by atoms with Crippen LogP contribution in [0.15, 0.2) is 12.2 Å². The molecule has 3 atom stereocenters. The van der Waals surface area contributed by atoms with E-state index in [2.05, 4.69) is 5.32 Å². The van der Waals surface area contributed by atoms with Crippen LogP contribution in [0.2, 0.25) is 0 Å². The maximum absolute atomic E-state index is 11.0. The molecule has 0 saturated carbocycles. The van der Waals surface area contributed by atoms with Gasteiger partial charge in [0.25, 0.3) is 0 Å². The summed E-state index contributed by atoms with van der Waals surface area (Å²) in [6, 6.07) is -0.399. The third-order valence-electron chi connectivity index (χ3n) is 2.69. The fourth-order valence-corrected chi connectivity index (χ4v) is 2.02. The molecular formula is C9H11NO3. The van der Waals surface area contributed by atoms with Crippen LogP contribution in [-0.4, -0.2) is 28.9 Å². The molecular weight excluding hydrogens is 170 g/mol. The van der Waals surface area contributed by atoms with Crippen molar-refractivity contribution >= 4 is 11.8 Å². The third kappa shape index (κ3) is 1.49. The van der Waals surface area contributed by atoms with E-state index < -0.39 is 12.0 Å². The van der Waals surface area contributed by atoms with Gasteiger partial charge in [-0.3, -0.25) is 14.9 Å². The van der Waals surface area contributed by atoms with E-state index >= 15 is 0 Å². The average Bonchev–Trinajstić information content (AvgIpc) is 2.46. The Labute approximate surface area is 75.6 Å². The molecule has 0 aromatic rings. The van der Waals surface area contributed by atoms with E-state index in [-0.39, 0.29) is 17.7 Å². The van der Waals surface area contributed by atoms with Gasteiger partial charge in [-0.05, 0) is 18.4 Å². The number of hydrogen-bond acceptors (Lipinski definition) is 3. The molecule has 2 rings (SSSR count). The zero-order chi connectivity index (χ0) is 9.42.